The van der Waals surface area contributed by atoms with Gasteiger partial charge in [-0.05, 0) is 42.0 Å². The summed E-state index contributed by atoms with van der Waals surface area (Å²) < 4.78 is 5.74. The van der Waals surface area contributed by atoms with Gasteiger partial charge in [-0.2, -0.15) is 0 Å². The van der Waals surface area contributed by atoms with E-state index in [1.807, 2.05) is 60.7 Å². The lowest BCUT2D eigenvalue weighted by molar-refractivity contribution is 0.102. The zero-order chi connectivity index (χ0) is 20.1. The smallest absolute Gasteiger partial charge is 0.275 e. The average Bonchev–Trinajstić information content (AvgIpc) is 3.26. The maximum atomic E-state index is 12.5. The number of nitrogens with zero attached hydrogens (tertiary/aromatic N) is 1. The van der Waals surface area contributed by atoms with Crippen molar-refractivity contribution >= 4 is 22.9 Å². The second-order valence-electron chi connectivity index (χ2n) is 6.28. The van der Waals surface area contributed by atoms with E-state index in [1.54, 1.807) is 29.6 Å². The van der Waals surface area contributed by atoms with Crippen molar-refractivity contribution < 1.29 is 14.6 Å². The molecule has 1 amide bonds. The van der Waals surface area contributed by atoms with Gasteiger partial charge in [0.25, 0.3) is 5.91 Å². The van der Waals surface area contributed by atoms with Gasteiger partial charge in [0.1, 0.15) is 28.3 Å². The van der Waals surface area contributed by atoms with Gasteiger partial charge in [-0.3, -0.25) is 4.79 Å². The molecule has 4 aromatic rings. The van der Waals surface area contributed by atoms with Crippen molar-refractivity contribution in [3.8, 4) is 11.5 Å². The number of carbonyl (C=O) groups excluding carboxylic acids is 1. The lowest BCUT2D eigenvalue weighted by atomic mass is 10.1. The van der Waals surface area contributed by atoms with Crippen LogP contribution in [0.1, 0.15) is 27.2 Å². The second-order valence-corrected chi connectivity index (χ2v) is 7.17. The number of ether oxygens (including phenoxy) is 1. The van der Waals surface area contributed by atoms with Crippen LogP contribution in [-0.2, 0) is 0 Å². The summed E-state index contributed by atoms with van der Waals surface area (Å²) in [5.74, 6) is 1.09. The Bertz CT molecular complexity index is 1080. The van der Waals surface area contributed by atoms with Crippen LogP contribution >= 0.6 is 11.3 Å². The largest absolute Gasteiger partial charge is 0.457 e. The first-order chi connectivity index (χ1) is 14.2. The number of nitrogens with one attached hydrogen (secondary N) is 1. The van der Waals surface area contributed by atoms with Crippen LogP contribution in [0.25, 0.3) is 0 Å². The Balaban J connectivity index is 1.40. The highest BCUT2D eigenvalue weighted by Crippen LogP contribution is 2.26. The molecule has 144 valence electrons. The van der Waals surface area contributed by atoms with Gasteiger partial charge in [-0.25, -0.2) is 4.98 Å². The molecule has 0 bridgehead atoms. The number of aliphatic hydroxyl groups excluding tert-OH is 1. The number of thiazole rings is 1. The van der Waals surface area contributed by atoms with E-state index in [4.69, 9.17) is 4.74 Å². The molecular weight excluding hydrogens is 384 g/mol. The summed E-state index contributed by atoms with van der Waals surface area (Å²) >= 11 is 1.25. The van der Waals surface area contributed by atoms with Crippen molar-refractivity contribution in [3.63, 3.8) is 0 Å². The van der Waals surface area contributed by atoms with Crippen LogP contribution in [0, 0.1) is 0 Å². The fourth-order valence-corrected chi connectivity index (χ4v) is 3.53. The quantitative estimate of drug-likeness (QED) is 0.461. The molecule has 0 saturated heterocycles. The normalized spacial score (nSPS) is 11.6. The minimum absolute atomic E-state index is 0.268. The standard InChI is InChI=1S/C23H18N2O3S/c26-21(16-7-3-1-4-8-16)23-25-20(15-29-23)22(27)24-17-11-13-19(14-12-17)28-18-9-5-2-6-10-18/h1-15,21,26H,(H,24,27). The van der Waals surface area contributed by atoms with Crippen molar-refractivity contribution in [1.29, 1.82) is 0 Å². The number of hydrogen-bond donors (Lipinski definition) is 2. The Morgan fingerprint density at radius 3 is 2.21 bits per heavy atom. The highest BCUT2D eigenvalue weighted by atomic mass is 32.1. The van der Waals surface area contributed by atoms with E-state index in [9.17, 15) is 9.90 Å². The number of hydrogen-bond acceptors (Lipinski definition) is 5. The zero-order valence-electron chi connectivity index (χ0n) is 15.4. The van der Waals surface area contributed by atoms with Crippen molar-refractivity contribution in [2.75, 3.05) is 5.32 Å². The highest BCUT2D eigenvalue weighted by molar-refractivity contribution is 7.10. The van der Waals surface area contributed by atoms with E-state index in [-0.39, 0.29) is 11.6 Å². The molecule has 4 rings (SSSR count). The molecule has 0 radical (unpaired) electrons. The minimum Gasteiger partial charge on any atom is -0.457 e. The SMILES string of the molecule is O=C(Nc1ccc(Oc2ccccc2)cc1)c1csc(C(O)c2ccccc2)n1. The zero-order valence-corrected chi connectivity index (χ0v) is 16.2. The predicted molar refractivity (Wildman–Crippen MR) is 114 cm³/mol. The monoisotopic (exact) mass is 402 g/mol. The molecule has 0 spiro atoms. The van der Waals surface area contributed by atoms with E-state index < -0.39 is 6.10 Å². The first-order valence-electron chi connectivity index (χ1n) is 9.02. The fourth-order valence-electron chi connectivity index (χ4n) is 2.72. The van der Waals surface area contributed by atoms with Crippen LogP contribution in [-0.4, -0.2) is 16.0 Å². The van der Waals surface area contributed by atoms with E-state index in [0.717, 1.165) is 11.3 Å². The second kappa shape index (κ2) is 8.68. The molecule has 0 aliphatic carbocycles. The van der Waals surface area contributed by atoms with Crippen molar-refractivity contribution in [1.82, 2.24) is 4.98 Å². The topological polar surface area (TPSA) is 71.5 Å². The van der Waals surface area contributed by atoms with E-state index in [2.05, 4.69) is 10.3 Å². The molecule has 1 atom stereocenters. The maximum Gasteiger partial charge on any atom is 0.275 e. The van der Waals surface area contributed by atoms with Crippen molar-refractivity contribution in [3.05, 3.63) is 107 Å². The molecule has 1 unspecified atom stereocenters. The Morgan fingerprint density at radius 2 is 1.52 bits per heavy atom. The number of para-hydroxylation sites is 1. The Labute approximate surface area is 172 Å². The molecule has 1 heterocycles. The minimum atomic E-state index is -0.850. The molecule has 1 aromatic heterocycles. The number of carbonyl (C=O) groups is 1. The molecule has 6 heteroatoms. The molecule has 3 aromatic carbocycles. The summed E-state index contributed by atoms with van der Waals surface area (Å²) in [6.45, 7) is 0. The molecule has 0 aliphatic rings. The van der Waals surface area contributed by atoms with Gasteiger partial charge in [0.05, 0.1) is 0 Å². The van der Waals surface area contributed by atoms with Crippen LogP contribution in [0.3, 0.4) is 0 Å². The van der Waals surface area contributed by atoms with Crippen LogP contribution < -0.4 is 10.1 Å². The number of anilines is 1. The third-order valence-corrected chi connectivity index (χ3v) is 5.09. The van der Waals surface area contributed by atoms with Gasteiger partial charge in [0.2, 0.25) is 0 Å². The van der Waals surface area contributed by atoms with Crippen LogP contribution in [0.4, 0.5) is 5.69 Å². The van der Waals surface area contributed by atoms with E-state index in [1.165, 1.54) is 11.3 Å². The van der Waals surface area contributed by atoms with Crippen molar-refractivity contribution in [2.45, 2.75) is 6.10 Å². The summed E-state index contributed by atoms with van der Waals surface area (Å²) in [6.07, 6.45) is -0.850. The highest BCUT2D eigenvalue weighted by Gasteiger charge is 2.17. The first kappa shape index (κ1) is 18.9. The number of aliphatic hydroxyl groups is 1. The molecule has 2 N–H and O–H groups in total. The third-order valence-electron chi connectivity index (χ3n) is 4.19. The van der Waals surface area contributed by atoms with Gasteiger partial charge in [-0.15, -0.1) is 11.3 Å². The summed E-state index contributed by atoms with van der Waals surface area (Å²) in [7, 11) is 0. The number of benzene rings is 3. The molecule has 5 nitrogen and oxygen atoms in total. The molecule has 0 saturated carbocycles. The van der Waals surface area contributed by atoms with Crippen molar-refractivity contribution in [2.24, 2.45) is 0 Å². The van der Waals surface area contributed by atoms with Gasteiger partial charge >= 0.3 is 0 Å². The average molecular weight is 402 g/mol. The van der Waals surface area contributed by atoms with Gasteiger partial charge < -0.3 is 15.2 Å². The predicted octanol–water partition coefficient (Wildman–Crippen LogP) is 5.27. The lowest BCUT2D eigenvalue weighted by Gasteiger charge is -2.08. The fraction of sp³-hybridized carbons (Fsp3) is 0.0435. The first-order valence-corrected chi connectivity index (χ1v) is 9.90. The van der Waals surface area contributed by atoms with Crippen LogP contribution in [0.5, 0.6) is 11.5 Å². The number of rotatable bonds is 6. The summed E-state index contributed by atoms with van der Waals surface area (Å²) in [4.78, 5) is 16.8. The summed E-state index contributed by atoms with van der Waals surface area (Å²) in [5.41, 5.74) is 1.64. The lowest BCUT2D eigenvalue weighted by Crippen LogP contribution is -2.12. The maximum absolute atomic E-state index is 12.5. The molecule has 0 aliphatic heterocycles. The summed E-state index contributed by atoms with van der Waals surface area (Å²) in [6, 6.07) is 25.8. The molecule has 0 fully saturated rings. The van der Waals surface area contributed by atoms with Crippen LogP contribution in [0.2, 0.25) is 0 Å². The van der Waals surface area contributed by atoms with Gasteiger partial charge in [0, 0.05) is 11.1 Å². The summed E-state index contributed by atoms with van der Waals surface area (Å²) in [5, 5.41) is 15.4. The van der Waals surface area contributed by atoms with E-state index >= 15 is 0 Å². The Morgan fingerprint density at radius 1 is 0.897 bits per heavy atom. The van der Waals surface area contributed by atoms with Crippen LogP contribution in [0.15, 0.2) is 90.3 Å². The third kappa shape index (κ3) is 4.68. The Hall–Kier alpha value is -3.48. The van der Waals surface area contributed by atoms with Gasteiger partial charge in [0.15, 0.2) is 0 Å². The van der Waals surface area contributed by atoms with E-state index in [0.29, 0.717) is 16.4 Å². The number of amides is 1. The number of aromatic nitrogens is 1. The Kier molecular flexibility index (Phi) is 5.65. The molecular formula is C23H18N2O3S. The molecule has 29 heavy (non-hydrogen) atoms. The van der Waals surface area contributed by atoms with Gasteiger partial charge in [-0.1, -0.05) is 48.5 Å².